The Morgan fingerprint density at radius 3 is 2.29 bits per heavy atom. The van der Waals surface area contributed by atoms with Crippen LogP contribution in [0.1, 0.15) is 40.0 Å². The normalized spacial score (nSPS) is 27.6. The minimum atomic E-state index is -0.650. The lowest BCUT2D eigenvalue weighted by Gasteiger charge is -2.57. The van der Waals surface area contributed by atoms with Crippen LogP contribution in [0.4, 0.5) is 0 Å². The van der Waals surface area contributed by atoms with E-state index in [1.807, 2.05) is 0 Å². The standard InChI is InChI=1S/C13H24N2O2/c1-4-13(3,5-2)14-8-10(9-14)15-7-6-11(15)12(16)17/h10-11H,4-9H2,1-3H3,(H,16,17). The lowest BCUT2D eigenvalue weighted by Crippen LogP contribution is -2.71. The summed E-state index contributed by atoms with van der Waals surface area (Å²) in [6.07, 6.45) is 3.15. The van der Waals surface area contributed by atoms with Crippen LogP contribution in [-0.2, 0) is 4.79 Å². The summed E-state index contributed by atoms with van der Waals surface area (Å²) in [5.74, 6) is -0.650. The van der Waals surface area contributed by atoms with E-state index in [0.717, 1.165) is 26.1 Å². The molecule has 2 rings (SSSR count). The van der Waals surface area contributed by atoms with E-state index >= 15 is 0 Å². The van der Waals surface area contributed by atoms with Crippen molar-refractivity contribution in [3.05, 3.63) is 0 Å². The molecule has 2 fully saturated rings. The minimum absolute atomic E-state index is 0.211. The number of nitrogens with zero attached hydrogens (tertiary/aromatic N) is 2. The van der Waals surface area contributed by atoms with Gasteiger partial charge in [-0.25, -0.2) is 0 Å². The molecule has 2 aliphatic heterocycles. The van der Waals surface area contributed by atoms with Crippen LogP contribution in [-0.4, -0.2) is 58.1 Å². The van der Waals surface area contributed by atoms with Gasteiger partial charge in [0.05, 0.1) is 0 Å². The van der Waals surface area contributed by atoms with E-state index in [0.29, 0.717) is 11.6 Å². The highest BCUT2D eigenvalue weighted by Crippen LogP contribution is 2.33. The molecule has 2 saturated heterocycles. The van der Waals surface area contributed by atoms with Gasteiger partial charge in [0.1, 0.15) is 6.04 Å². The van der Waals surface area contributed by atoms with Crippen LogP contribution in [0.3, 0.4) is 0 Å². The van der Waals surface area contributed by atoms with Crippen molar-refractivity contribution in [3.8, 4) is 0 Å². The monoisotopic (exact) mass is 240 g/mol. The van der Waals surface area contributed by atoms with E-state index < -0.39 is 5.97 Å². The number of carboxylic acids is 1. The van der Waals surface area contributed by atoms with Crippen molar-refractivity contribution < 1.29 is 9.90 Å². The molecule has 0 amide bonds. The Morgan fingerprint density at radius 1 is 1.35 bits per heavy atom. The van der Waals surface area contributed by atoms with Crippen molar-refractivity contribution in [1.29, 1.82) is 0 Å². The van der Waals surface area contributed by atoms with Crippen molar-refractivity contribution in [1.82, 2.24) is 9.80 Å². The third-order valence-electron chi connectivity index (χ3n) is 4.96. The van der Waals surface area contributed by atoms with E-state index in [1.165, 1.54) is 12.8 Å². The Morgan fingerprint density at radius 2 is 1.94 bits per heavy atom. The molecule has 0 aromatic carbocycles. The van der Waals surface area contributed by atoms with Gasteiger partial charge in [0.2, 0.25) is 0 Å². The Kier molecular flexibility index (Phi) is 3.46. The Hall–Kier alpha value is -0.610. The van der Waals surface area contributed by atoms with Gasteiger partial charge in [-0.2, -0.15) is 0 Å². The maximum absolute atomic E-state index is 11.0. The van der Waals surface area contributed by atoms with Crippen LogP contribution in [0.15, 0.2) is 0 Å². The lowest BCUT2D eigenvalue weighted by molar-refractivity contribution is -0.156. The molecule has 0 saturated carbocycles. The summed E-state index contributed by atoms with van der Waals surface area (Å²) in [5, 5.41) is 9.04. The molecule has 1 unspecified atom stereocenters. The second-order valence-corrected chi connectivity index (χ2v) is 5.64. The van der Waals surface area contributed by atoms with Gasteiger partial charge >= 0.3 is 5.97 Å². The fourth-order valence-corrected chi connectivity index (χ4v) is 2.91. The minimum Gasteiger partial charge on any atom is -0.480 e. The van der Waals surface area contributed by atoms with Crippen LogP contribution in [0.5, 0.6) is 0 Å². The first-order valence-corrected chi connectivity index (χ1v) is 6.75. The third kappa shape index (κ3) is 2.08. The second-order valence-electron chi connectivity index (χ2n) is 5.64. The number of carbonyl (C=O) groups is 1. The van der Waals surface area contributed by atoms with Crippen LogP contribution in [0, 0.1) is 0 Å². The number of hydrogen-bond acceptors (Lipinski definition) is 3. The predicted molar refractivity (Wildman–Crippen MR) is 67.1 cm³/mol. The van der Waals surface area contributed by atoms with Crippen LogP contribution < -0.4 is 0 Å². The highest BCUT2D eigenvalue weighted by atomic mass is 16.4. The molecule has 2 aliphatic rings. The van der Waals surface area contributed by atoms with Crippen molar-refractivity contribution in [2.45, 2.75) is 57.7 Å². The number of rotatable bonds is 5. The van der Waals surface area contributed by atoms with Gasteiger partial charge in [-0.15, -0.1) is 0 Å². The van der Waals surface area contributed by atoms with Crippen LogP contribution >= 0.6 is 0 Å². The van der Waals surface area contributed by atoms with E-state index in [-0.39, 0.29) is 6.04 Å². The van der Waals surface area contributed by atoms with Gasteiger partial charge < -0.3 is 5.11 Å². The zero-order chi connectivity index (χ0) is 12.6. The molecule has 2 heterocycles. The van der Waals surface area contributed by atoms with E-state index in [1.54, 1.807) is 0 Å². The average Bonchev–Trinajstić information content (AvgIpc) is 2.19. The van der Waals surface area contributed by atoms with Gasteiger partial charge in [0.15, 0.2) is 0 Å². The molecule has 17 heavy (non-hydrogen) atoms. The highest BCUT2D eigenvalue weighted by molar-refractivity contribution is 5.74. The molecule has 1 N–H and O–H groups in total. The molecule has 0 aliphatic carbocycles. The first-order valence-electron chi connectivity index (χ1n) is 6.75. The van der Waals surface area contributed by atoms with E-state index in [9.17, 15) is 4.79 Å². The zero-order valence-electron chi connectivity index (χ0n) is 11.1. The van der Waals surface area contributed by atoms with Crippen molar-refractivity contribution in [2.75, 3.05) is 19.6 Å². The summed E-state index contributed by atoms with van der Waals surface area (Å²) >= 11 is 0. The topological polar surface area (TPSA) is 43.8 Å². The van der Waals surface area contributed by atoms with Crippen molar-refractivity contribution in [3.63, 3.8) is 0 Å². The zero-order valence-corrected chi connectivity index (χ0v) is 11.1. The Balaban J connectivity index is 1.85. The van der Waals surface area contributed by atoms with E-state index in [2.05, 4.69) is 30.6 Å². The maximum atomic E-state index is 11.0. The molecule has 4 nitrogen and oxygen atoms in total. The van der Waals surface area contributed by atoms with Crippen molar-refractivity contribution >= 4 is 5.97 Å². The number of likely N-dealkylation sites (tertiary alicyclic amines) is 2. The molecule has 1 atom stereocenters. The van der Waals surface area contributed by atoms with E-state index in [4.69, 9.17) is 5.11 Å². The first-order chi connectivity index (χ1) is 8.01. The highest BCUT2D eigenvalue weighted by Gasteiger charge is 2.46. The summed E-state index contributed by atoms with van der Waals surface area (Å²) in [6.45, 7) is 9.84. The molecule has 98 valence electrons. The fraction of sp³-hybridized carbons (Fsp3) is 0.923. The summed E-state index contributed by atoms with van der Waals surface area (Å²) < 4.78 is 0. The van der Waals surface area contributed by atoms with Gasteiger partial charge in [-0.3, -0.25) is 14.6 Å². The van der Waals surface area contributed by atoms with Gasteiger partial charge in [0, 0.05) is 31.2 Å². The number of hydrogen-bond donors (Lipinski definition) is 1. The number of aliphatic carboxylic acids is 1. The maximum Gasteiger partial charge on any atom is 0.320 e. The lowest BCUT2D eigenvalue weighted by atomic mass is 9.86. The molecule has 0 aromatic heterocycles. The smallest absolute Gasteiger partial charge is 0.320 e. The quantitative estimate of drug-likeness (QED) is 0.789. The SMILES string of the molecule is CCC(C)(CC)N1CC(N2CCC2C(=O)O)C1. The van der Waals surface area contributed by atoms with Gasteiger partial charge in [-0.05, 0) is 26.2 Å². The molecule has 0 aromatic rings. The fourth-order valence-electron chi connectivity index (χ4n) is 2.91. The summed E-state index contributed by atoms with van der Waals surface area (Å²) in [7, 11) is 0. The van der Waals surface area contributed by atoms with Crippen molar-refractivity contribution in [2.24, 2.45) is 0 Å². The molecule has 0 spiro atoms. The number of carboxylic acid groups (broad SMARTS) is 1. The summed E-state index contributed by atoms with van der Waals surface area (Å²) in [4.78, 5) is 15.6. The van der Waals surface area contributed by atoms with Crippen LogP contribution in [0.2, 0.25) is 0 Å². The van der Waals surface area contributed by atoms with Gasteiger partial charge in [-0.1, -0.05) is 13.8 Å². The molecular weight excluding hydrogens is 216 g/mol. The second kappa shape index (κ2) is 4.58. The Labute approximate surface area is 104 Å². The molecule has 0 radical (unpaired) electrons. The third-order valence-corrected chi connectivity index (χ3v) is 4.96. The Bertz CT molecular complexity index is 296. The molecule has 0 bridgehead atoms. The first kappa shape index (κ1) is 12.8. The summed E-state index contributed by atoms with van der Waals surface area (Å²) in [5.41, 5.74) is 0.306. The summed E-state index contributed by atoms with van der Waals surface area (Å²) in [6, 6.07) is 0.263. The molecule has 4 heteroatoms. The molecular formula is C13H24N2O2. The predicted octanol–water partition coefficient (Wildman–Crippen LogP) is 1.41. The van der Waals surface area contributed by atoms with Gasteiger partial charge in [0.25, 0.3) is 0 Å². The van der Waals surface area contributed by atoms with Crippen LogP contribution in [0.25, 0.3) is 0 Å². The largest absolute Gasteiger partial charge is 0.480 e. The average molecular weight is 240 g/mol.